The van der Waals surface area contributed by atoms with E-state index in [0.29, 0.717) is 11.1 Å². The zero-order chi connectivity index (χ0) is 16.9. The molecule has 0 aromatic heterocycles. The molecule has 0 saturated carbocycles. The summed E-state index contributed by atoms with van der Waals surface area (Å²) in [6, 6.07) is 3.21. The fourth-order valence-electron chi connectivity index (χ4n) is 1.92. The van der Waals surface area contributed by atoms with Crippen LogP contribution in [0.15, 0.2) is 18.2 Å². The Kier molecular flexibility index (Phi) is 5.89. The molecular weight excluding hydrogens is 314 g/mol. The van der Waals surface area contributed by atoms with Crippen molar-refractivity contribution < 1.29 is 32.4 Å². The van der Waals surface area contributed by atoms with E-state index < -0.39 is 33.8 Å². The quantitative estimate of drug-likeness (QED) is 0.609. The molecule has 0 spiro atoms. The molecule has 0 bridgehead atoms. The zero-order valence-electron chi connectivity index (χ0n) is 12.1. The van der Waals surface area contributed by atoms with E-state index >= 15 is 0 Å². The number of amides is 1. The number of carbonyl (C=O) groups excluding carboxylic acids is 1. The number of methoxy groups -OCH3 is 1. The number of rotatable bonds is 7. The van der Waals surface area contributed by atoms with Crippen LogP contribution < -0.4 is 10.1 Å². The fraction of sp³-hybridized carbons (Fsp3) is 0.385. The normalized spacial score (nSPS) is 12.5. The van der Waals surface area contributed by atoms with Crippen molar-refractivity contribution in [3.8, 4) is 5.75 Å². The smallest absolute Gasteiger partial charge is 0.326 e. The Morgan fingerprint density at radius 1 is 1.36 bits per heavy atom. The molecule has 1 atom stereocenters. The van der Waals surface area contributed by atoms with Crippen molar-refractivity contribution in [1.82, 2.24) is 5.32 Å². The standard InChI is InChI=1S/C13H17NO7S/c1-8(15)14-11(13(16)17)6-10-4-3-9(5-12(10)21-2)7-22(18,19)20/h3-5,11H,6-7H2,1-2H3,(H,14,15)(H,16,17)(H,18,19,20)/t11-/m0/s1. The number of carboxylic acid groups (broad SMARTS) is 1. The number of carbonyl (C=O) groups is 2. The molecule has 1 aromatic carbocycles. The molecule has 0 heterocycles. The average Bonchev–Trinajstić information content (AvgIpc) is 2.37. The molecule has 0 fully saturated rings. The van der Waals surface area contributed by atoms with Crippen molar-refractivity contribution >= 4 is 22.0 Å². The van der Waals surface area contributed by atoms with Gasteiger partial charge in [-0.25, -0.2) is 4.79 Å². The van der Waals surface area contributed by atoms with Crippen LogP contribution in [0.1, 0.15) is 18.1 Å². The van der Waals surface area contributed by atoms with E-state index in [9.17, 15) is 18.0 Å². The highest BCUT2D eigenvalue weighted by molar-refractivity contribution is 7.85. The first-order valence-electron chi connectivity index (χ1n) is 6.23. The topological polar surface area (TPSA) is 130 Å². The second kappa shape index (κ2) is 7.23. The summed E-state index contributed by atoms with van der Waals surface area (Å²) in [7, 11) is -2.82. The first-order chi connectivity index (χ1) is 10.1. The molecule has 0 aliphatic heterocycles. The molecule has 1 aromatic rings. The van der Waals surface area contributed by atoms with Gasteiger partial charge in [-0.05, 0) is 17.2 Å². The predicted molar refractivity (Wildman–Crippen MR) is 77.2 cm³/mol. The SMILES string of the molecule is COc1cc(CS(=O)(=O)O)ccc1C[C@H](NC(C)=O)C(=O)O. The van der Waals surface area contributed by atoms with Crippen molar-refractivity contribution in [2.24, 2.45) is 0 Å². The lowest BCUT2D eigenvalue weighted by Gasteiger charge is -2.16. The largest absolute Gasteiger partial charge is 0.496 e. The lowest BCUT2D eigenvalue weighted by atomic mass is 10.0. The summed E-state index contributed by atoms with van der Waals surface area (Å²) in [5.74, 6) is -1.97. The van der Waals surface area contributed by atoms with Gasteiger partial charge in [0.05, 0.1) is 7.11 Å². The summed E-state index contributed by atoms with van der Waals surface area (Å²) < 4.78 is 35.7. The van der Waals surface area contributed by atoms with Crippen molar-refractivity contribution in [2.45, 2.75) is 25.1 Å². The molecule has 0 aliphatic rings. The minimum atomic E-state index is -4.17. The lowest BCUT2D eigenvalue weighted by Crippen LogP contribution is -2.41. The summed E-state index contributed by atoms with van der Waals surface area (Å²) in [5.41, 5.74) is 0.789. The first-order valence-corrected chi connectivity index (χ1v) is 7.84. The summed E-state index contributed by atoms with van der Waals surface area (Å²) in [6.07, 6.45) is -0.0236. The van der Waals surface area contributed by atoms with Crippen LogP contribution in [0.25, 0.3) is 0 Å². The number of ether oxygens (including phenoxy) is 1. The number of hydrogen-bond acceptors (Lipinski definition) is 5. The van der Waals surface area contributed by atoms with Crippen LogP contribution in [-0.4, -0.2) is 43.1 Å². The number of aliphatic carboxylic acids is 1. The molecule has 0 unspecified atom stereocenters. The Bertz CT molecular complexity index is 669. The Hall–Kier alpha value is -2.13. The third-order valence-corrected chi connectivity index (χ3v) is 3.50. The molecule has 0 radical (unpaired) electrons. The van der Waals surface area contributed by atoms with E-state index in [1.165, 1.54) is 32.2 Å². The number of hydrogen-bond donors (Lipinski definition) is 3. The predicted octanol–water partition coefficient (Wildman–Crippen LogP) is 0.215. The third-order valence-electron chi connectivity index (χ3n) is 2.80. The van der Waals surface area contributed by atoms with E-state index in [1.54, 1.807) is 0 Å². The maximum Gasteiger partial charge on any atom is 0.326 e. The third kappa shape index (κ3) is 5.70. The Balaban J connectivity index is 3.04. The van der Waals surface area contributed by atoms with Gasteiger partial charge < -0.3 is 15.2 Å². The molecule has 1 amide bonds. The lowest BCUT2D eigenvalue weighted by molar-refractivity contribution is -0.141. The van der Waals surface area contributed by atoms with Crippen LogP contribution in [0.4, 0.5) is 0 Å². The minimum Gasteiger partial charge on any atom is -0.496 e. The van der Waals surface area contributed by atoms with Crippen LogP contribution in [0.5, 0.6) is 5.75 Å². The van der Waals surface area contributed by atoms with Crippen molar-refractivity contribution in [3.63, 3.8) is 0 Å². The van der Waals surface area contributed by atoms with Crippen molar-refractivity contribution in [1.29, 1.82) is 0 Å². The first kappa shape index (κ1) is 17.9. The second-order valence-electron chi connectivity index (χ2n) is 4.67. The molecule has 0 saturated heterocycles. The van der Waals surface area contributed by atoms with E-state index in [0.717, 1.165) is 0 Å². The van der Waals surface area contributed by atoms with Crippen molar-refractivity contribution in [2.75, 3.05) is 7.11 Å². The van der Waals surface area contributed by atoms with E-state index in [-0.39, 0.29) is 12.2 Å². The molecule has 1 rings (SSSR count). The number of carboxylic acids is 1. The van der Waals surface area contributed by atoms with Gasteiger partial charge in [-0.1, -0.05) is 12.1 Å². The van der Waals surface area contributed by atoms with Crippen LogP contribution in [0.2, 0.25) is 0 Å². The van der Waals surface area contributed by atoms with Crippen LogP contribution >= 0.6 is 0 Å². The maximum absolute atomic E-state index is 11.1. The average molecular weight is 331 g/mol. The summed E-state index contributed by atoms with van der Waals surface area (Å²) >= 11 is 0. The van der Waals surface area contributed by atoms with E-state index in [2.05, 4.69) is 5.32 Å². The highest BCUT2D eigenvalue weighted by Crippen LogP contribution is 2.23. The molecule has 0 aliphatic carbocycles. The summed E-state index contributed by atoms with van der Waals surface area (Å²) in [6.45, 7) is 1.21. The zero-order valence-corrected chi connectivity index (χ0v) is 12.9. The number of benzene rings is 1. The molecule has 22 heavy (non-hydrogen) atoms. The van der Waals surface area contributed by atoms with Crippen LogP contribution in [-0.2, 0) is 31.9 Å². The highest BCUT2D eigenvalue weighted by atomic mass is 32.2. The van der Waals surface area contributed by atoms with Crippen LogP contribution in [0, 0.1) is 0 Å². The molecule has 3 N–H and O–H groups in total. The number of nitrogens with one attached hydrogen (secondary N) is 1. The van der Waals surface area contributed by atoms with Gasteiger partial charge in [0.2, 0.25) is 5.91 Å². The second-order valence-corrected chi connectivity index (χ2v) is 6.12. The molecule has 122 valence electrons. The maximum atomic E-state index is 11.1. The van der Waals surface area contributed by atoms with Gasteiger partial charge in [-0.2, -0.15) is 8.42 Å². The monoisotopic (exact) mass is 331 g/mol. The molecular formula is C13H17NO7S. The minimum absolute atomic E-state index is 0.0236. The molecule has 8 nitrogen and oxygen atoms in total. The van der Waals surface area contributed by atoms with Crippen molar-refractivity contribution in [3.05, 3.63) is 29.3 Å². The fourth-order valence-corrected chi connectivity index (χ4v) is 2.52. The van der Waals surface area contributed by atoms with Gasteiger partial charge in [0, 0.05) is 13.3 Å². The molecule has 9 heteroatoms. The Morgan fingerprint density at radius 2 is 2.00 bits per heavy atom. The van der Waals surface area contributed by atoms with Gasteiger partial charge in [-0.15, -0.1) is 0 Å². The summed E-state index contributed by atoms with van der Waals surface area (Å²) in [5, 5.41) is 11.4. The Labute approximate surface area is 127 Å². The van der Waals surface area contributed by atoms with Gasteiger partial charge in [0.25, 0.3) is 10.1 Å². The highest BCUT2D eigenvalue weighted by Gasteiger charge is 2.21. The van der Waals surface area contributed by atoms with Crippen LogP contribution in [0.3, 0.4) is 0 Å². The van der Waals surface area contributed by atoms with Gasteiger partial charge in [-0.3, -0.25) is 9.35 Å². The summed E-state index contributed by atoms with van der Waals surface area (Å²) in [4.78, 5) is 22.1. The van der Waals surface area contributed by atoms with E-state index in [4.69, 9.17) is 14.4 Å². The Morgan fingerprint density at radius 3 is 2.45 bits per heavy atom. The van der Waals surface area contributed by atoms with E-state index in [1.807, 2.05) is 0 Å². The van der Waals surface area contributed by atoms with Gasteiger partial charge in [0.1, 0.15) is 17.5 Å². The van der Waals surface area contributed by atoms with Gasteiger partial charge >= 0.3 is 5.97 Å². The van der Waals surface area contributed by atoms with Gasteiger partial charge in [0.15, 0.2) is 0 Å².